The summed E-state index contributed by atoms with van der Waals surface area (Å²) < 4.78 is 17.5. The van der Waals surface area contributed by atoms with Crippen molar-refractivity contribution in [3.8, 4) is 11.5 Å². The number of methoxy groups -OCH3 is 1. The lowest BCUT2D eigenvalue weighted by molar-refractivity contribution is -0.0336. The number of nitrogens with zero attached hydrogens (tertiary/aromatic N) is 2. The quantitative estimate of drug-likeness (QED) is 0.0713. The molecule has 4 aromatic carbocycles. The number of alkyl carbamates (subject to hydrolysis) is 1. The molecule has 13 nitrogen and oxygen atoms in total. The summed E-state index contributed by atoms with van der Waals surface area (Å²) in [4.78, 5) is 45.4. The molecule has 310 valence electrons. The highest BCUT2D eigenvalue weighted by Crippen LogP contribution is 2.31. The van der Waals surface area contributed by atoms with Crippen LogP contribution in [-0.4, -0.2) is 103 Å². The van der Waals surface area contributed by atoms with Crippen LogP contribution in [0.2, 0.25) is 0 Å². The number of phenolic OH excluding ortho intramolecular Hbond substituents is 1. The zero-order valence-corrected chi connectivity index (χ0v) is 33.3. The SMILES string of the molecule is COCCN(CCCNC[C@H](O)c1ccc(O)c2[nH]c(=O)ccc12)C(=O)c1ccc(COc2cccc([C@@H](NC(=O)O[C@H]3CN4CCC3CC4)c3ccccc3)c2)cc1. The summed E-state index contributed by atoms with van der Waals surface area (Å²) in [6, 6.07) is 30.5. The van der Waals surface area contributed by atoms with Crippen LogP contribution in [0.15, 0.2) is 108 Å². The van der Waals surface area contributed by atoms with Crippen molar-refractivity contribution in [2.24, 2.45) is 5.92 Å². The number of hydrogen-bond acceptors (Lipinski definition) is 10. The number of carbonyl (C=O) groups is 2. The minimum absolute atomic E-state index is 0.0613. The Labute approximate surface area is 343 Å². The van der Waals surface area contributed by atoms with E-state index in [1.807, 2.05) is 66.7 Å². The Balaban J connectivity index is 0.914. The van der Waals surface area contributed by atoms with Gasteiger partial charge < -0.3 is 44.9 Å². The number of aromatic amines is 1. The molecule has 0 unspecified atom stereocenters. The average molecular weight is 804 g/mol. The molecule has 3 aliphatic heterocycles. The number of ether oxygens (including phenoxy) is 3. The molecule has 0 aliphatic carbocycles. The summed E-state index contributed by atoms with van der Waals surface area (Å²) in [5, 5.41) is 28.0. The lowest BCUT2D eigenvalue weighted by atomic mass is 9.86. The largest absolute Gasteiger partial charge is 0.506 e. The van der Waals surface area contributed by atoms with E-state index < -0.39 is 18.2 Å². The van der Waals surface area contributed by atoms with Crippen LogP contribution in [0.5, 0.6) is 11.5 Å². The van der Waals surface area contributed by atoms with Crippen LogP contribution in [0.25, 0.3) is 10.9 Å². The third kappa shape index (κ3) is 10.7. The number of piperidine rings is 3. The first-order valence-electron chi connectivity index (χ1n) is 20.3. The van der Waals surface area contributed by atoms with Crippen molar-refractivity contribution >= 4 is 22.9 Å². The molecule has 0 spiro atoms. The predicted molar refractivity (Wildman–Crippen MR) is 225 cm³/mol. The molecule has 59 heavy (non-hydrogen) atoms. The van der Waals surface area contributed by atoms with Crippen LogP contribution in [-0.2, 0) is 16.1 Å². The second kappa shape index (κ2) is 19.8. The van der Waals surface area contributed by atoms with Gasteiger partial charge in [-0.2, -0.15) is 0 Å². The first kappa shape index (κ1) is 41.4. The molecule has 1 aromatic heterocycles. The van der Waals surface area contributed by atoms with Crippen molar-refractivity contribution in [1.82, 2.24) is 25.4 Å². The van der Waals surface area contributed by atoms with Gasteiger partial charge in [0.15, 0.2) is 0 Å². The number of fused-ring (bicyclic) bond motifs is 4. The highest BCUT2D eigenvalue weighted by atomic mass is 16.6. The van der Waals surface area contributed by atoms with E-state index in [0.717, 1.165) is 49.2 Å². The van der Waals surface area contributed by atoms with Gasteiger partial charge in [-0.15, -0.1) is 0 Å². The number of benzene rings is 4. The number of aromatic nitrogens is 1. The zero-order valence-electron chi connectivity index (χ0n) is 33.3. The second-order valence-corrected chi connectivity index (χ2v) is 15.3. The fraction of sp³-hybridized carbons (Fsp3) is 0.370. The molecule has 13 heteroatoms. The summed E-state index contributed by atoms with van der Waals surface area (Å²) >= 11 is 0. The average Bonchev–Trinajstić information content (AvgIpc) is 3.26. The minimum atomic E-state index is -0.875. The normalized spacial score (nSPS) is 18.2. The van der Waals surface area contributed by atoms with Crippen LogP contribution in [0.4, 0.5) is 4.79 Å². The minimum Gasteiger partial charge on any atom is -0.506 e. The van der Waals surface area contributed by atoms with Crippen LogP contribution in [0.1, 0.15) is 64.0 Å². The van der Waals surface area contributed by atoms with Gasteiger partial charge in [0.05, 0.1) is 24.3 Å². The molecule has 8 rings (SSSR count). The topological polar surface area (TPSA) is 166 Å². The first-order valence-corrected chi connectivity index (χ1v) is 20.3. The second-order valence-electron chi connectivity index (χ2n) is 15.3. The molecular weight excluding hydrogens is 751 g/mol. The fourth-order valence-corrected chi connectivity index (χ4v) is 8.02. The Morgan fingerprint density at radius 2 is 1.71 bits per heavy atom. The molecule has 3 atom stereocenters. The molecule has 5 aromatic rings. The highest BCUT2D eigenvalue weighted by molar-refractivity contribution is 5.94. The van der Waals surface area contributed by atoms with E-state index in [1.54, 1.807) is 36.3 Å². The Kier molecular flexibility index (Phi) is 13.9. The Hall–Kier alpha value is -5.73. The van der Waals surface area contributed by atoms with Gasteiger partial charge in [0.25, 0.3) is 5.91 Å². The van der Waals surface area contributed by atoms with Gasteiger partial charge in [-0.3, -0.25) is 14.5 Å². The third-order valence-electron chi connectivity index (χ3n) is 11.3. The van der Waals surface area contributed by atoms with Crippen molar-refractivity contribution < 1.29 is 34.0 Å². The maximum absolute atomic E-state index is 13.6. The summed E-state index contributed by atoms with van der Waals surface area (Å²) in [5.41, 5.74) is 3.78. The number of nitrogens with one attached hydrogen (secondary N) is 3. The maximum atomic E-state index is 13.6. The fourth-order valence-electron chi connectivity index (χ4n) is 8.02. The molecule has 3 saturated heterocycles. The number of aliphatic hydroxyl groups excluding tert-OH is 1. The third-order valence-corrected chi connectivity index (χ3v) is 11.3. The number of rotatable bonds is 18. The van der Waals surface area contributed by atoms with E-state index in [2.05, 4.69) is 20.5 Å². The van der Waals surface area contributed by atoms with E-state index in [4.69, 9.17) is 14.2 Å². The van der Waals surface area contributed by atoms with Crippen molar-refractivity contribution in [2.75, 3.05) is 59.5 Å². The predicted octanol–water partition coefficient (Wildman–Crippen LogP) is 5.52. The van der Waals surface area contributed by atoms with Crippen LogP contribution < -0.4 is 20.9 Å². The smallest absolute Gasteiger partial charge is 0.408 e. The van der Waals surface area contributed by atoms with E-state index >= 15 is 0 Å². The molecular formula is C46H53N5O8. The van der Waals surface area contributed by atoms with Crippen LogP contribution >= 0.6 is 0 Å². The Bertz CT molecular complexity index is 2230. The lowest BCUT2D eigenvalue weighted by Gasteiger charge is -2.43. The number of amides is 2. The summed E-state index contributed by atoms with van der Waals surface area (Å²) in [5.74, 6) is 0.889. The van der Waals surface area contributed by atoms with Gasteiger partial charge in [0, 0.05) is 50.3 Å². The van der Waals surface area contributed by atoms with Crippen molar-refractivity contribution in [3.63, 3.8) is 0 Å². The number of pyridine rings is 1. The summed E-state index contributed by atoms with van der Waals surface area (Å²) in [6.07, 6.45) is 1.37. The number of phenols is 1. The number of carbonyl (C=O) groups excluding carboxylic acids is 2. The molecule has 5 N–H and O–H groups in total. The van der Waals surface area contributed by atoms with Gasteiger partial charge >= 0.3 is 6.09 Å². The van der Waals surface area contributed by atoms with E-state index in [-0.39, 0.29) is 42.0 Å². The number of aliphatic hydroxyl groups is 1. The van der Waals surface area contributed by atoms with E-state index in [9.17, 15) is 24.6 Å². The highest BCUT2D eigenvalue weighted by Gasteiger charge is 2.37. The molecule has 3 fully saturated rings. The van der Waals surface area contributed by atoms with Gasteiger partial charge in [-0.1, -0.05) is 60.7 Å². The van der Waals surface area contributed by atoms with Gasteiger partial charge in [-0.05, 0) is 103 Å². The van der Waals surface area contributed by atoms with Crippen molar-refractivity contribution in [2.45, 2.75) is 44.1 Å². The molecule has 4 heterocycles. The van der Waals surface area contributed by atoms with Crippen LogP contribution in [0, 0.1) is 5.92 Å². The van der Waals surface area contributed by atoms with E-state index in [0.29, 0.717) is 60.8 Å². The number of hydrogen-bond donors (Lipinski definition) is 5. The molecule has 2 amide bonds. The van der Waals surface area contributed by atoms with Crippen molar-refractivity contribution in [3.05, 3.63) is 141 Å². The van der Waals surface area contributed by atoms with Crippen LogP contribution in [0.3, 0.4) is 0 Å². The first-order chi connectivity index (χ1) is 28.7. The molecule has 0 saturated carbocycles. The van der Waals surface area contributed by atoms with E-state index in [1.165, 1.54) is 12.1 Å². The molecule has 0 radical (unpaired) electrons. The molecule has 2 bridgehead atoms. The Morgan fingerprint density at radius 1 is 0.932 bits per heavy atom. The number of aromatic hydroxyl groups is 1. The monoisotopic (exact) mass is 803 g/mol. The summed E-state index contributed by atoms with van der Waals surface area (Å²) in [7, 11) is 1.60. The van der Waals surface area contributed by atoms with Gasteiger partial charge in [-0.25, -0.2) is 4.79 Å². The lowest BCUT2D eigenvalue weighted by Crippen LogP contribution is -2.52. The molecule has 3 aliphatic rings. The standard InChI is InChI=1S/C46H53N5O8/c1-57-26-25-51(22-6-21-47-28-40(53)37-15-17-39(52)44-38(37)16-18-42(54)48-44)45(55)34-13-11-31(12-14-34)30-58-36-10-5-9-35(27-36)43(33-7-3-2-4-8-33)49-46(56)59-41-29-50-23-19-32(41)20-24-50/h2-5,7-18,27,32,40-41,43,47,52-53H,6,19-26,28-30H2,1H3,(H,48,54)(H,49,56)/t40-,41-,43-/m0/s1. The Morgan fingerprint density at radius 3 is 2.46 bits per heavy atom. The van der Waals surface area contributed by atoms with Crippen molar-refractivity contribution in [1.29, 1.82) is 0 Å². The number of H-pyrrole nitrogens is 1. The zero-order chi connectivity index (χ0) is 41.1. The maximum Gasteiger partial charge on any atom is 0.408 e. The van der Waals surface area contributed by atoms with Gasteiger partial charge in [0.1, 0.15) is 24.2 Å². The van der Waals surface area contributed by atoms with Gasteiger partial charge in [0.2, 0.25) is 5.56 Å². The summed E-state index contributed by atoms with van der Waals surface area (Å²) in [6.45, 7) is 5.31.